The highest BCUT2D eigenvalue weighted by Gasteiger charge is 2.19. The Kier molecular flexibility index (Phi) is 3.65. The molecule has 0 aromatic carbocycles. The second-order valence-electron chi connectivity index (χ2n) is 3.41. The average Bonchev–Trinajstić information content (AvgIpc) is 1.79. The minimum Gasteiger partial charge on any atom is -0.508 e. The first-order chi connectivity index (χ1) is 5.25. The van der Waals surface area contributed by atoms with E-state index in [9.17, 15) is 5.11 Å². The van der Waals surface area contributed by atoms with Crippen molar-refractivity contribution in [3.8, 4) is 0 Å². The highest BCUT2D eigenvalue weighted by molar-refractivity contribution is 7.82. The van der Waals surface area contributed by atoms with Crippen molar-refractivity contribution in [2.45, 2.75) is 25.5 Å². The molecule has 0 bridgehead atoms. The Labute approximate surface area is 79.9 Å². The first-order valence-electron chi connectivity index (χ1n) is 3.73. The SMILES string of the molecule is C=C(C)/C=C(\C(=C)O)C(C)(C)S. The predicted molar refractivity (Wildman–Crippen MR) is 57.7 cm³/mol. The van der Waals surface area contributed by atoms with Crippen molar-refractivity contribution in [2.24, 2.45) is 0 Å². The molecule has 0 rings (SSSR count). The third-order valence-corrected chi connectivity index (χ3v) is 1.60. The Balaban J connectivity index is 4.94. The quantitative estimate of drug-likeness (QED) is 0.392. The molecule has 0 saturated carbocycles. The van der Waals surface area contributed by atoms with Crippen LogP contribution in [0.5, 0.6) is 0 Å². The Morgan fingerprint density at radius 1 is 1.42 bits per heavy atom. The molecule has 2 heteroatoms. The van der Waals surface area contributed by atoms with Crippen LogP contribution in [0.2, 0.25) is 0 Å². The summed E-state index contributed by atoms with van der Waals surface area (Å²) in [5, 5.41) is 9.24. The van der Waals surface area contributed by atoms with Gasteiger partial charge < -0.3 is 5.11 Å². The minimum absolute atomic E-state index is 0.0537. The van der Waals surface area contributed by atoms with Crippen LogP contribution in [0, 0.1) is 0 Å². The van der Waals surface area contributed by atoms with Crippen LogP contribution >= 0.6 is 12.6 Å². The van der Waals surface area contributed by atoms with E-state index in [1.165, 1.54) is 0 Å². The summed E-state index contributed by atoms with van der Waals surface area (Å²) in [5.41, 5.74) is 1.58. The molecule has 0 aromatic rings. The first kappa shape index (κ1) is 11.4. The first-order valence-corrected chi connectivity index (χ1v) is 4.18. The summed E-state index contributed by atoms with van der Waals surface area (Å²) < 4.78 is -0.384. The van der Waals surface area contributed by atoms with Gasteiger partial charge in [-0.2, -0.15) is 12.6 Å². The predicted octanol–water partition coefficient (Wildman–Crippen LogP) is 3.27. The molecule has 0 saturated heterocycles. The molecule has 0 spiro atoms. The number of thiol groups is 1. The van der Waals surface area contributed by atoms with E-state index in [-0.39, 0.29) is 10.5 Å². The van der Waals surface area contributed by atoms with E-state index < -0.39 is 0 Å². The van der Waals surface area contributed by atoms with E-state index in [1.807, 2.05) is 20.8 Å². The van der Waals surface area contributed by atoms with Crippen molar-refractivity contribution in [3.63, 3.8) is 0 Å². The van der Waals surface area contributed by atoms with E-state index in [0.717, 1.165) is 5.57 Å². The van der Waals surface area contributed by atoms with Crippen LogP contribution in [-0.2, 0) is 0 Å². The summed E-state index contributed by atoms with van der Waals surface area (Å²) in [7, 11) is 0. The van der Waals surface area contributed by atoms with Crippen molar-refractivity contribution >= 4 is 12.6 Å². The number of hydrogen-bond donors (Lipinski definition) is 2. The maximum Gasteiger partial charge on any atom is 0.112 e. The van der Waals surface area contributed by atoms with Gasteiger partial charge >= 0.3 is 0 Å². The Bertz CT molecular complexity index is 231. The molecule has 0 aliphatic carbocycles. The van der Waals surface area contributed by atoms with E-state index >= 15 is 0 Å². The number of aliphatic hydroxyl groups is 1. The second kappa shape index (κ2) is 3.85. The lowest BCUT2D eigenvalue weighted by atomic mass is 9.99. The smallest absolute Gasteiger partial charge is 0.112 e. The standard InChI is InChI=1S/C10H16OS/c1-7(2)6-9(8(3)11)10(4,5)12/h6,11-12H,1,3H2,2,4-5H3/b9-6+. The molecular weight excluding hydrogens is 168 g/mol. The molecule has 0 atom stereocenters. The molecule has 12 heavy (non-hydrogen) atoms. The zero-order valence-electron chi connectivity index (χ0n) is 7.89. The molecule has 0 amide bonds. The highest BCUT2D eigenvalue weighted by atomic mass is 32.1. The molecule has 68 valence electrons. The summed E-state index contributed by atoms with van der Waals surface area (Å²) in [4.78, 5) is 0. The molecule has 0 unspecified atom stereocenters. The van der Waals surface area contributed by atoms with E-state index in [4.69, 9.17) is 0 Å². The van der Waals surface area contributed by atoms with Crippen LogP contribution in [0.4, 0.5) is 0 Å². The third kappa shape index (κ3) is 3.67. The van der Waals surface area contributed by atoms with Crippen LogP contribution in [0.3, 0.4) is 0 Å². The lowest BCUT2D eigenvalue weighted by molar-refractivity contribution is 0.417. The minimum atomic E-state index is -0.384. The summed E-state index contributed by atoms with van der Waals surface area (Å²) in [6.45, 7) is 12.9. The summed E-state index contributed by atoms with van der Waals surface area (Å²) >= 11 is 4.33. The van der Waals surface area contributed by atoms with Crippen molar-refractivity contribution < 1.29 is 5.11 Å². The molecule has 0 aliphatic rings. The summed E-state index contributed by atoms with van der Waals surface area (Å²) in [5.74, 6) is 0.0537. The van der Waals surface area contributed by atoms with E-state index in [0.29, 0.717) is 5.57 Å². The van der Waals surface area contributed by atoms with Crippen molar-refractivity contribution in [1.82, 2.24) is 0 Å². The molecule has 0 heterocycles. The molecule has 0 fully saturated rings. The van der Waals surface area contributed by atoms with Gasteiger partial charge in [-0.15, -0.1) is 0 Å². The summed E-state index contributed by atoms with van der Waals surface area (Å²) in [6.07, 6.45) is 1.79. The Morgan fingerprint density at radius 2 is 1.83 bits per heavy atom. The van der Waals surface area contributed by atoms with Gasteiger partial charge in [0.25, 0.3) is 0 Å². The van der Waals surface area contributed by atoms with Gasteiger partial charge in [-0.25, -0.2) is 0 Å². The van der Waals surface area contributed by atoms with Gasteiger partial charge in [-0.05, 0) is 20.8 Å². The molecule has 0 aromatic heterocycles. The number of hydrogen-bond acceptors (Lipinski definition) is 2. The third-order valence-electron chi connectivity index (χ3n) is 1.36. The van der Waals surface area contributed by atoms with Crippen LogP contribution in [0.1, 0.15) is 20.8 Å². The Morgan fingerprint density at radius 3 is 1.92 bits per heavy atom. The zero-order valence-corrected chi connectivity index (χ0v) is 8.78. The van der Waals surface area contributed by atoms with Gasteiger partial charge in [0, 0.05) is 10.3 Å². The number of rotatable bonds is 3. The lowest BCUT2D eigenvalue weighted by Crippen LogP contribution is -2.16. The highest BCUT2D eigenvalue weighted by Crippen LogP contribution is 2.28. The van der Waals surface area contributed by atoms with Gasteiger partial charge in [0.15, 0.2) is 0 Å². The van der Waals surface area contributed by atoms with Crippen LogP contribution in [0.25, 0.3) is 0 Å². The van der Waals surface area contributed by atoms with E-state index in [1.54, 1.807) is 6.08 Å². The van der Waals surface area contributed by atoms with Gasteiger partial charge in [0.05, 0.1) is 0 Å². The fourth-order valence-electron chi connectivity index (χ4n) is 0.859. The Hall–Kier alpha value is -0.630. The number of aliphatic hydroxyl groups excluding tert-OH is 1. The van der Waals surface area contributed by atoms with Gasteiger partial charge in [0.2, 0.25) is 0 Å². The molecule has 1 nitrogen and oxygen atoms in total. The molecular formula is C10H16OS. The van der Waals surface area contributed by atoms with Gasteiger partial charge in [-0.1, -0.05) is 24.8 Å². The van der Waals surface area contributed by atoms with E-state index in [2.05, 4.69) is 25.8 Å². The van der Waals surface area contributed by atoms with Crippen molar-refractivity contribution in [2.75, 3.05) is 0 Å². The van der Waals surface area contributed by atoms with Crippen molar-refractivity contribution in [1.29, 1.82) is 0 Å². The summed E-state index contributed by atoms with van der Waals surface area (Å²) in [6, 6.07) is 0. The van der Waals surface area contributed by atoms with Gasteiger partial charge in [-0.3, -0.25) is 0 Å². The van der Waals surface area contributed by atoms with Crippen molar-refractivity contribution in [3.05, 3.63) is 36.1 Å². The normalized spacial score (nSPS) is 12.8. The second-order valence-corrected chi connectivity index (χ2v) is 4.53. The van der Waals surface area contributed by atoms with Crippen LogP contribution in [0.15, 0.2) is 36.1 Å². The fraction of sp³-hybridized carbons (Fsp3) is 0.400. The maximum atomic E-state index is 9.24. The molecule has 0 aliphatic heterocycles. The van der Waals surface area contributed by atoms with Gasteiger partial charge in [0.1, 0.15) is 5.76 Å². The molecule has 1 N–H and O–H groups in total. The maximum absolute atomic E-state index is 9.24. The fourth-order valence-corrected chi connectivity index (χ4v) is 1.05. The average molecular weight is 184 g/mol. The lowest BCUT2D eigenvalue weighted by Gasteiger charge is -2.21. The zero-order chi connectivity index (χ0) is 9.94. The van der Waals surface area contributed by atoms with Crippen LogP contribution in [-0.4, -0.2) is 9.85 Å². The monoisotopic (exact) mass is 184 g/mol. The van der Waals surface area contributed by atoms with Crippen LogP contribution < -0.4 is 0 Å². The topological polar surface area (TPSA) is 20.2 Å². The number of allylic oxidation sites excluding steroid dienone is 3. The largest absolute Gasteiger partial charge is 0.508 e. The molecule has 0 radical (unpaired) electrons.